The Morgan fingerprint density at radius 2 is 1.84 bits per heavy atom. The maximum atomic E-state index is 12.3. The zero-order valence-electron chi connectivity index (χ0n) is 14.6. The number of rotatable bonds is 7. The predicted molar refractivity (Wildman–Crippen MR) is 98.7 cm³/mol. The van der Waals surface area contributed by atoms with Crippen molar-refractivity contribution in [2.75, 3.05) is 13.2 Å². The highest BCUT2D eigenvalue weighted by molar-refractivity contribution is 5.98. The molecule has 0 fully saturated rings. The van der Waals surface area contributed by atoms with Crippen molar-refractivity contribution in [3.05, 3.63) is 71.5 Å². The van der Waals surface area contributed by atoms with Gasteiger partial charge in [0, 0.05) is 24.1 Å². The Balaban J connectivity index is 1.45. The predicted octanol–water partition coefficient (Wildman–Crippen LogP) is 4.64. The molecule has 2 aromatic carbocycles. The summed E-state index contributed by atoms with van der Waals surface area (Å²) in [5.74, 6) is 0.213. The normalized spacial score (nSPS) is 12.2. The van der Waals surface area contributed by atoms with Crippen LogP contribution < -0.4 is 5.32 Å². The topological polar surface area (TPSA) is 51.5 Å². The quantitative estimate of drug-likeness (QED) is 0.639. The van der Waals surface area contributed by atoms with Crippen molar-refractivity contribution < 1.29 is 13.9 Å². The molecule has 3 rings (SSSR count). The second kappa shape index (κ2) is 7.99. The third-order valence-corrected chi connectivity index (χ3v) is 4.29. The van der Waals surface area contributed by atoms with Gasteiger partial charge in [-0.05, 0) is 31.9 Å². The van der Waals surface area contributed by atoms with Gasteiger partial charge >= 0.3 is 0 Å². The fourth-order valence-corrected chi connectivity index (χ4v) is 2.83. The summed E-state index contributed by atoms with van der Waals surface area (Å²) in [6.07, 6.45) is 0.803. The highest BCUT2D eigenvalue weighted by atomic mass is 16.5. The van der Waals surface area contributed by atoms with E-state index in [-0.39, 0.29) is 12.0 Å². The lowest BCUT2D eigenvalue weighted by molar-refractivity contribution is 0.0633. The maximum absolute atomic E-state index is 12.3. The van der Waals surface area contributed by atoms with Crippen LogP contribution in [0.25, 0.3) is 11.0 Å². The zero-order chi connectivity index (χ0) is 17.6. The first kappa shape index (κ1) is 17.2. The SMILES string of the molecule is Cc1c(C(=O)NCCCOC(C)c2ccccc2)oc2ccccc12. The molecule has 0 saturated heterocycles. The molecule has 1 unspecified atom stereocenters. The van der Waals surface area contributed by atoms with Gasteiger partial charge in [0.15, 0.2) is 5.76 Å². The summed E-state index contributed by atoms with van der Waals surface area (Å²) in [7, 11) is 0. The Labute approximate surface area is 147 Å². The summed E-state index contributed by atoms with van der Waals surface area (Å²) < 4.78 is 11.5. The molecular formula is C21H23NO3. The molecule has 0 aliphatic heterocycles. The van der Waals surface area contributed by atoms with Crippen LogP contribution in [0.3, 0.4) is 0 Å². The number of hydrogen-bond donors (Lipinski definition) is 1. The summed E-state index contributed by atoms with van der Waals surface area (Å²) in [5, 5.41) is 3.88. The molecule has 1 N–H and O–H groups in total. The van der Waals surface area contributed by atoms with Crippen molar-refractivity contribution >= 4 is 16.9 Å². The largest absolute Gasteiger partial charge is 0.451 e. The molecule has 130 valence electrons. The Kier molecular flexibility index (Phi) is 5.51. The van der Waals surface area contributed by atoms with Crippen molar-refractivity contribution in [2.24, 2.45) is 0 Å². The molecule has 0 radical (unpaired) electrons. The summed E-state index contributed by atoms with van der Waals surface area (Å²) in [5.41, 5.74) is 2.77. The number of ether oxygens (including phenoxy) is 1. The number of hydrogen-bond acceptors (Lipinski definition) is 3. The average molecular weight is 337 g/mol. The van der Waals surface area contributed by atoms with Crippen LogP contribution in [0.5, 0.6) is 0 Å². The van der Waals surface area contributed by atoms with E-state index in [9.17, 15) is 4.79 Å². The van der Waals surface area contributed by atoms with Gasteiger partial charge in [0.25, 0.3) is 5.91 Å². The van der Waals surface area contributed by atoms with E-state index in [1.165, 1.54) is 0 Å². The molecule has 1 amide bonds. The van der Waals surface area contributed by atoms with Crippen molar-refractivity contribution in [2.45, 2.75) is 26.4 Å². The lowest BCUT2D eigenvalue weighted by atomic mass is 10.1. The van der Waals surface area contributed by atoms with Crippen LogP contribution in [0, 0.1) is 6.92 Å². The third-order valence-electron chi connectivity index (χ3n) is 4.29. The first-order valence-corrected chi connectivity index (χ1v) is 8.59. The number of fused-ring (bicyclic) bond motifs is 1. The van der Waals surface area contributed by atoms with Crippen molar-refractivity contribution in [1.82, 2.24) is 5.32 Å². The second-order valence-corrected chi connectivity index (χ2v) is 6.09. The summed E-state index contributed by atoms with van der Waals surface area (Å²) in [4.78, 5) is 12.3. The molecule has 1 aromatic heterocycles. The van der Waals surface area contributed by atoms with E-state index in [0.29, 0.717) is 18.9 Å². The first-order chi connectivity index (χ1) is 12.2. The molecule has 3 aromatic rings. The van der Waals surface area contributed by atoms with Crippen molar-refractivity contribution in [3.8, 4) is 0 Å². The van der Waals surface area contributed by atoms with Gasteiger partial charge in [-0.2, -0.15) is 0 Å². The van der Waals surface area contributed by atoms with E-state index < -0.39 is 0 Å². The molecule has 0 saturated carbocycles. The number of carbonyl (C=O) groups is 1. The highest BCUT2D eigenvalue weighted by Crippen LogP contribution is 2.24. The van der Waals surface area contributed by atoms with Crippen LogP contribution in [0.2, 0.25) is 0 Å². The Morgan fingerprint density at radius 3 is 2.60 bits per heavy atom. The number of aryl methyl sites for hydroxylation is 1. The third kappa shape index (κ3) is 4.09. The van der Waals surface area contributed by atoms with Crippen molar-refractivity contribution in [3.63, 3.8) is 0 Å². The van der Waals surface area contributed by atoms with Crippen LogP contribution in [0.15, 0.2) is 59.0 Å². The second-order valence-electron chi connectivity index (χ2n) is 6.09. The van der Waals surface area contributed by atoms with E-state index >= 15 is 0 Å². The molecule has 4 nitrogen and oxygen atoms in total. The van der Waals surface area contributed by atoms with Gasteiger partial charge in [-0.25, -0.2) is 0 Å². The lowest BCUT2D eigenvalue weighted by Gasteiger charge is -2.13. The van der Waals surface area contributed by atoms with Crippen LogP contribution in [0.4, 0.5) is 0 Å². The van der Waals surface area contributed by atoms with Gasteiger partial charge in [-0.3, -0.25) is 4.79 Å². The minimum atomic E-state index is -0.176. The molecular weight excluding hydrogens is 314 g/mol. The lowest BCUT2D eigenvalue weighted by Crippen LogP contribution is -2.25. The van der Waals surface area contributed by atoms with Crippen LogP contribution in [-0.2, 0) is 4.74 Å². The summed E-state index contributed by atoms with van der Waals surface area (Å²) in [6.45, 7) is 5.09. The monoisotopic (exact) mass is 337 g/mol. The van der Waals surface area contributed by atoms with Gasteiger partial charge < -0.3 is 14.5 Å². The molecule has 0 bridgehead atoms. The smallest absolute Gasteiger partial charge is 0.287 e. The van der Waals surface area contributed by atoms with Crippen LogP contribution in [-0.4, -0.2) is 19.1 Å². The molecule has 1 heterocycles. The van der Waals surface area contributed by atoms with Gasteiger partial charge in [0.2, 0.25) is 0 Å². The molecule has 1 atom stereocenters. The van der Waals surface area contributed by atoms with E-state index in [0.717, 1.165) is 28.5 Å². The number of para-hydroxylation sites is 1. The number of carbonyl (C=O) groups excluding carboxylic acids is 1. The first-order valence-electron chi connectivity index (χ1n) is 8.59. The van der Waals surface area contributed by atoms with Gasteiger partial charge in [0.1, 0.15) is 5.58 Å². The zero-order valence-corrected chi connectivity index (χ0v) is 14.6. The average Bonchev–Trinajstić information content (AvgIpc) is 2.99. The standard InChI is InChI=1S/C21H23NO3/c1-15-18-11-6-7-12-19(18)25-20(15)21(23)22-13-8-14-24-16(2)17-9-4-3-5-10-17/h3-7,9-12,16H,8,13-14H2,1-2H3,(H,22,23). The van der Waals surface area contributed by atoms with Crippen LogP contribution in [0.1, 0.15) is 41.1 Å². The molecule has 0 aliphatic rings. The Morgan fingerprint density at radius 1 is 1.12 bits per heavy atom. The van der Waals surface area contributed by atoms with Gasteiger partial charge in [-0.1, -0.05) is 48.5 Å². The van der Waals surface area contributed by atoms with E-state index in [2.05, 4.69) is 17.4 Å². The minimum Gasteiger partial charge on any atom is -0.451 e. The number of benzene rings is 2. The number of amides is 1. The summed E-state index contributed by atoms with van der Waals surface area (Å²) >= 11 is 0. The Hall–Kier alpha value is -2.59. The molecule has 0 spiro atoms. The fraction of sp³-hybridized carbons (Fsp3) is 0.286. The minimum absolute atomic E-state index is 0.0505. The van der Waals surface area contributed by atoms with E-state index in [4.69, 9.17) is 9.15 Å². The molecule has 0 aliphatic carbocycles. The molecule has 25 heavy (non-hydrogen) atoms. The number of furan rings is 1. The number of nitrogens with one attached hydrogen (secondary N) is 1. The van der Waals surface area contributed by atoms with Crippen molar-refractivity contribution in [1.29, 1.82) is 0 Å². The van der Waals surface area contributed by atoms with E-state index in [1.807, 2.05) is 56.3 Å². The van der Waals surface area contributed by atoms with E-state index in [1.54, 1.807) is 0 Å². The van der Waals surface area contributed by atoms with Gasteiger partial charge in [0.05, 0.1) is 6.10 Å². The molecule has 4 heteroatoms. The fourth-order valence-electron chi connectivity index (χ4n) is 2.83. The highest BCUT2D eigenvalue weighted by Gasteiger charge is 2.16. The maximum Gasteiger partial charge on any atom is 0.287 e. The van der Waals surface area contributed by atoms with Crippen LogP contribution >= 0.6 is 0 Å². The Bertz CT molecular complexity index is 839. The van der Waals surface area contributed by atoms with Gasteiger partial charge in [-0.15, -0.1) is 0 Å². The summed E-state index contributed by atoms with van der Waals surface area (Å²) in [6, 6.07) is 17.8.